The highest BCUT2D eigenvalue weighted by Crippen LogP contribution is 2.21. The molecule has 0 saturated heterocycles. The van der Waals surface area contributed by atoms with E-state index in [1.165, 1.54) is 16.8 Å². The molecule has 4 aromatic rings. The van der Waals surface area contributed by atoms with Gasteiger partial charge in [-0.1, -0.05) is 18.2 Å². The molecule has 2 aromatic heterocycles. The number of nitrogens with one attached hydrogen (secondary N) is 1. The van der Waals surface area contributed by atoms with Crippen molar-refractivity contribution in [2.24, 2.45) is 0 Å². The van der Waals surface area contributed by atoms with E-state index in [-0.39, 0.29) is 17.3 Å². The molecule has 0 radical (unpaired) electrons. The van der Waals surface area contributed by atoms with E-state index < -0.39 is 4.92 Å². The maximum Gasteiger partial charge on any atom is 0.277 e. The summed E-state index contributed by atoms with van der Waals surface area (Å²) >= 11 is 0. The van der Waals surface area contributed by atoms with Crippen molar-refractivity contribution in [2.75, 3.05) is 5.32 Å². The first kappa shape index (κ1) is 19.1. The van der Waals surface area contributed by atoms with E-state index in [1.807, 2.05) is 37.3 Å². The second-order valence-electron chi connectivity index (χ2n) is 6.73. The quantitative estimate of drug-likeness (QED) is 0.403. The second-order valence-corrected chi connectivity index (χ2v) is 6.73. The van der Waals surface area contributed by atoms with Crippen molar-refractivity contribution in [2.45, 2.75) is 13.8 Å². The minimum atomic E-state index is -0.466. The highest BCUT2D eigenvalue weighted by molar-refractivity contribution is 6.02. The summed E-state index contributed by atoms with van der Waals surface area (Å²) in [6, 6.07) is 18.9. The lowest BCUT2D eigenvalue weighted by molar-refractivity contribution is -0.384. The molecule has 9 heteroatoms. The van der Waals surface area contributed by atoms with Crippen molar-refractivity contribution in [3.63, 3.8) is 0 Å². The van der Waals surface area contributed by atoms with Gasteiger partial charge in [0.25, 0.3) is 11.6 Å². The van der Waals surface area contributed by atoms with Crippen LogP contribution in [0.3, 0.4) is 0 Å². The minimum absolute atomic E-state index is 0.0184. The van der Waals surface area contributed by atoms with Crippen LogP contribution in [0.25, 0.3) is 11.4 Å². The van der Waals surface area contributed by atoms with E-state index in [1.54, 1.807) is 35.9 Å². The maximum absolute atomic E-state index is 12.8. The summed E-state index contributed by atoms with van der Waals surface area (Å²) in [6.45, 7) is 3.67. The SMILES string of the molecule is Cc1cc(NC(=O)c2cc(C)n(-c3ccccc3)n2)n(-c2ccc([N+](=O)[O-])cc2)n1. The number of benzene rings is 2. The number of para-hydroxylation sites is 1. The minimum Gasteiger partial charge on any atom is -0.305 e. The van der Waals surface area contributed by atoms with Crippen LogP contribution >= 0.6 is 0 Å². The molecule has 2 aromatic carbocycles. The first-order valence-electron chi connectivity index (χ1n) is 9.17. The summed E-state index contributed by atoms with van der Waals surface area (Å²) in [4.78, 5) is 23.2. The highest BCUT2D eigenvalue weighted by atomic mass is 16.6. The Morgan fingerprint density at radius 3 is 2.27 bits per heavy atom. The van der Waals surface area contributed by atoms with Crippen LogP contribution in [-0.2, 0) is 0 Å². The normalized spacial score (nSPS) is 10.7. The number of carbonyl (C=O) groups is 1. The van der Waals surface area contributed by atoms with Gasteiger partial charge >= 0.3 is 0 Å². The van der Waals surface area contributed by atoms with Crippen LogP contribution in [0.2, 0.25) is 0 Å². The molecular weight excluding hydrogens is 384 g/mol. The average molecular weight is 402 g/mol. The van der Waals surface area contributed by atoms with Crippen LogP contribution < -0.4 is 5.32 Å². The molecule has 0 unspecified atom stereocenters. The zero-order valence-corrected chi connectivity index (χ0v) is 16.3. The first-order valence-corrected chi connectivity index (χ1v) is 9.17. The third kappa shape index (κ3) is 3.68. The lowest BCUT2D eigenvalue weighted by Gasteiger charge is -2.08. The number of non-ortho nitro benzene ring substituents is 1. The highest BCUT2D eigenvalue weighted by Gasteiger charge is 2.17. The third-order valence-electron chi connectivity index (χ3n) is 4.50. The molecule has 0 fully saturated rings. The van der Waals surface area contributed by atoms with E-state index in [2.05, 4.69) is 15.5 Å². The molecule has 1 N–H and O–H groups in total. The van der Waals surface area contributed by atoms with Gasteiger partial charge in [0.15, 0.2) is 5.69 Å². The lowest BCUT2D eigenvalue weighted by atomic mass is 10.3. The number of hydrogen-bond donors (Lipinski definition) is 1. The van der Waals surface area contributed by atoms with Crippen LogP contribution in [0.1, 0.15) is 21.9 Å². The Labute approximate surface area is 171 Å². The summed E-state index contributed by atoms with van der Waals surface area (Å²) in [6.07, 6.45) is 0. The van der Waals surface area contributed by atoms with Crippen molar-refractivity contribution in [1.82, 2.24) is 19.6 Å². The van der Waals surface area contributed by atoms with Gasteiger partial charge in [-0.2, -0.15) is 10.2 Å². The van der Waals surface area contributed by atoms with Crippen molar-refractivity contribution in [3.05, 3.63) is 93.9 Å². The smallest absolute Gasteiger partial charge is 0.277 e. The summed E-state index contributed by atoms with van der Waals surface area (Å²) in [5.41, 5.74) is 3.22. The van der Waals surface area contributed by atoms with Crippen LogP contribution in [0, 0.1) is 24.0 Å². The van der Waals surface area contributed by atoms with E-state index >= 15 is 0 Å². The fraction of sp³-hybridized carbons (Fsp3) is 0.0952. The summed E-state index contributed by atoms with van der Waals surface area (Å²) in [5, 5.41) is 22.5. The van der Waals surface area contributed by atoms with Crippen molar-refractivity contribution >= 4 is 17.4 Å². The number of nitro groups is 1. The Balaban J connectivity index is 1.61. The Bertz CT molecular complexity index is 1230. The van der Waals surface area contributed by atoms with Gasteiger partial charge < -0.3 is 5.32 Å². The zero-order chi connectivity index (χ0) is 21.3. The molecule has 0 saturated carbocycles. The van der Waals surface area contributed by atoms with E-state index in [9.17, 15) is 14.9 Å². The number of aromatic nitrogens is 4. The van der Waals surface area contributed by atoms with E-state index in [0.717, 1.165) is 11.4 Å². The molecule has 150 valence electrons. The lowest BCUT2D eigenvalue weighted by Crippen LogP contribution is -2.16. The molecule has 30 heavy (non-hydrogen) atoms. The fourth-order valence-corrected chi connectivity index (χ4v) is 3.10. The number of carbonyl (C=O) groups excluding carboxylic acids is 1. The number of aryl methyl sites for hydroxylation is 2. The van der Waals surface area contributed by atoms with Gasteiger partial charge in [-0.15, -0.1) is 0 Å². The monoisotopic (exact) mass is 402 g/mol. The van der Waals surface area contributed by atoms with Gasteiger partial charge in [0, 0.05) is 23.9 Å². The second kappa shape index (κ2) is 7.63. The number of hydrogen-bond acceptors (Lipinski definition) is 5. The molecule has 0 bridgehead atoms. The van der Waals surface area contributed by atoms with E-state index in [4.69, 9.17) is 0 Å². The molecule has 0 aliphatic heterocycles. The number of anilines is 1. The van der Waals surface area contributed by atoms with Crippen LogP contribution in [0.15, 0.2) is 66.7 Å². The van der Waals surface area contributed by atoms with Gasteiger partial charge in [-0.05, 0) is 44.2 Å². The van der Waals surface area contributed by atoms with Gasteiger partial charge in [-0.25, -0.2) is 9.36 Å². The van der Waals surface area contributed by atoms with Crippen LogP contribution in [0.5, 0.6) is 0 Å². The van der Waals surface area contributed by atoms with Gasteiger partial charge in [-0.3, -0.25) is 14.9 Å². The molecule has 0 aliphatic rings. The standard InChI is InChI=1S/C21H18N6O3/c1-14-12-20(26(23-14)17-8-10-18(11-9-17)27(29)30)22-21(28)19-13-15(2)25(24-19)16-6-4-3-5-7-16/h3-13H,1-2H3,(H,22,28). The number of rotatable bonds is 5. The summed E-state index contributed by atoms with van der Waals surface area (Å²) in [5.74, 6) is 0.0640. The molecule has 1 amide bonds. The fourth-order valence-electron chi connectivity index (χ4n) is 3.10. The van der Waals surface area contributed by atoms with Crippen molar-refractivity contribution in [1.29, 1.82) is 0 Å². The molecule has 9 nitrogen and oxygen atoms in total. The maximum atomic E-state index is 12.8. The summed E-state index contributed by atoms with van der Waals surface area (Å²) < 4.78 is 3.23. The number of nitro benzene ring substituents is 1. The Morgan fingerprint density at radius 2 is 1.60 bits per heavy atom. The molecule has 0 atom stereocenters. The predicted molar refractivity (Wildman–Crippen MR) is 111 cm³/mol. The van der Waals surface area contributed by atoms with Gasteiger partial charge in [0.05, 0.1) is 22.0 Å². The number of amides is 1. The molecule has 0 aliphatic carbocycles. The largest absolute Gasteiger partial charge is 0.305 e. The molecule has 4 rings (SSSR count). The van der Waals surface area contributed by atoms with Gasteiger partial charge in [0.2, 0.25) is 0 Å². The van der Waals surface area contributed by atoms with Crippen LogP contribution in [-0.4, -0.2) is 30.4 Å². The Hall–Kier alpha value is -4.27. The molecule has 0 spiro atoms. The third-order valence-corrected chi connectivity index (χ3v) is 4.50. The van der Waals surface area contributed by atoms with Crippen molar-refractivity contribution in [3.8, 4) is 11.4 Å². The Kier molecular flexibility index (Phi) is 4.85. The predicted octanol–water partition coefficient (Wildman–Crippen LogP) is 3.84. The van der Waals surface area contributed by atoms with Gasteiger partial charge in [0.1, 0.15) is 5.82 Å². The first-order chi connectivity index (χ1) is 14.4. The zero-order valence-electron chi connectivity index (χ0n) is 16.3. The average Bonchev–Trinajstić information content (AvgIpc) is 3.31. The summed E-state index contributed by atoms with van der Waals surface area (Å²) in [7, 11) is 0. The molecular formula is C21H18N6O3. The number of nitrogens with zero attached hydrogens (tertiary/aromatic N) is 5. The topological polar surface area (TPSA) is 108 Å². The molecule has 2 heterocycles. The van der Waals surface area contributed by atoms with E-state index in [0.29, 0.717) is 17.2 Å². The Morgan fingerprint density at radius 1 is 0.933 bits per heavy atom. The van der Waals surface area contributed by atoms with Crippen molar-refractivity contribution < 1.29 is 9.72 Å². The van der Waals surface area contributed by atoms with Crippen LogP contribution in [0.4, 0.5) is 11.5 Å².